The molecule has 2 nitrogen and oxygen atoms in total. The summed E-state index contributed by atoms with van der Waals surface area (Å²) < 4.78 is 0. The summed E-state index contributed by atoms with van der Waals surface area (Å²) in [7, 11) is 2.24. The molecule has 1 aromatic rings. The number of hydrogen-bond donors (Lipinski definition) is 1. The minimum absolute atomic E-state index is 0.881. The Labute approximate surface area is 105 Å². The van der Waals surface area contributed by atoms with Crippen LogP contribution in [0.5, 0.6) is 0 Å². The fourth-order valence-corrected chi connectivity index (χ4v) is 2.57. The second kappa shape index (κ2) is 6.18. The molecule has 0 unspecified atom stereocenters. The zero-order valence-electron chi connectivity index (χ0n) is 11.1. The summed E-state index contributed by atoms with van der Waals surface area (Å²) in [5, 5.41) is 3.43. The van der Waals surface area contributed by atoms with Gasteiger partial charge >= 0.3 is 0 Å². The summed E-state index contributed by atoms with van der Waals surface area (Å²) in [6, 6.07) is 8.89. The summed E-state index contributed by atoms with van der Waals surface area (Å²) in [6.45, 7) is 6.84. The Morgan fingerprint density at radius 3 is 2.47 bits per heavy atom. The molecule has 1 N–H and O–H groups in total. The zero-order valence-corrected chi connectivity index (χ0v) is 11.1. The maximum atomic E-state index is 3.43. The Bertz CT molecular complexity index is 325. The maximum absolute atomic E-state index is 3.43. The second-order valence-corrected chi connectivity index (χ2v) is 5.38. The summed E-state index contributed by atoms with van der Waals surface area (Å²) in [5.41, 5.74) is 2.77. The van der Waals surface area contributed by atoms with Crippen molar-refractivity contribution in [3.63, 3.8) is 0 Å². The van der Waals surface area contributed by atoms with E-state index in [0.29, 0.717) is 0 Å². The number of hydrogen-bond acceptors (Lipinski definition) is 2. The minimum Gasteiger partial charge on any atom is -0.317 e. The summed E-state index contributed by atoms with van der Waals surface area (Å²) in [5.74, 6) is 0.881. The Morgan fingerprint density at radius 2 is 1.82 bits per heavy atom. The van der Waals surface area contributed by atoms with Gasteiger partial charge in [-0.2, -0.15) is 0 Å². The first-order chi connectivity index (χ1) is 8.24. The number of nitrogens with one attached hydrogen (secondary N) is 1. The van der Waals surface area contributed by atoms with Crippen molar-refractivity contribution in [2.75, 3.05) is 26.7 Å². The minimum atomic E-state index is 0.881. The normalized spacial score (nSPS) is 17.6. The van der Waals surface area contributed by atoms with Crippen LogP contribution in [-0.2, 0) is 6.54 Å². The lowest BCUT2D eigenvalue weighted by atomic mass is 9.97. The Hall–Kier alpha value is -0.860. The average molecular weight is 232 g/mol. The van der Waals surface area contributed by atoms with Gasteiger partial charge in [-0.15, -0.1) is 0 Å². The maximum Gasteiger partial charge on any atom is 0.0230 e. The van der Waals surface area contributed by atoms with Gasteiger partial charge in [0.15, 0.2) is 0 Å². The van der Waals surface area contributed by atoms with Crippen molar-refractivity contribution in [3.8, 4) is 0 Å². The molecule has 1 aliphatic rings. The molecule has 0 atom stereocenters. The molecule has 17 heavy (non-hydrogen) atoms. The van der Waals surface area contributed by atoms with Gasteiger partial charge in [-0.25, -0.2) is 0 Å². The van der Waals surface area contributed by atoms with Gasteiger partial charge in [-0.05, 0) is 51.4 Å². The van der Waals surface area contributed by atoms with Crippen LogP contribution in [0, 0.1) is 12.8 Å². The molecule has 1 saturated heterocycles. The molecular weight excluding hydrogens is 208 g/mol. The molecule has 0 spiro atoms. The van der Waals surface area contributed by atoms with E-state index in [2.05, 4.69) is 48.5 Å². The molecule has 1 aliphatic heterocycles. The van der Waals surface area contributed by atoms with Gasteiger partial charge in [0, 0.05) is 13.1 Å². The van der Waals surface area contributed by atoms with E-state index in [1.807, 2.05) is 0 Å². The fourth-order valence-electron chi connectivity index (χ4n) is 2.57. The van der Waals surface area contributed by atoms with Crippen LogP contribution in [0.15, 0.2) is 24.3 Å². The predicted octanol–water partition coefficient (Wildman–Crippen LogP) is 2.43. The van der Waals surface area contributed by atoms with Gasteiger partial charge in [-0.1, -0.05) is 29.8 Å². The van der Waals surface area contributed by atoms with Crippen molar-refractivity contribution in [3.05, 3.63) is 35.4 Å². The summed E-state index contributed by atoms with van der Waals surface area (Å²) in [6.07, 6.45) is 2.66. The first-order valence-corrected chi connectivity index (χ1v) is 6.69. The molecule has 0 amide bonds. The number of nitrogens with zero attached hydrogens (tertiary/aromatic N) is 1. The third-order valence-electron chi connectivity index (χ3n) is 3.60. The van der Waals surface area contributed by atoms with E-state index in [4.69, 9.17) is 0 Å². The van der Waals surface area contributed by atoms with E-state index in [9.17, 15) is 0 Å². The summed E-state index contributed by atoms with van der Waals surface area (Å²) >= 11 is 0. The molecular formula is C15H24N2. The molecule has 0 bridgehead atoms. The van der Waals surface area contributed by atoms with Crippen LogP contribution in [0.3, 0.4) is 0 Å². The van der Waals surface area contributed by atoms with E-state index >= 15 is 0 Å². The first-order valence-electron chi connectivity index (χ1n) is 6.69. The highest BCUT2D eigenvalue weighted by Gasteiger charge is 2.14. The van der Waals surface area contributed by atoms with Crippen LogP contribution in [0.25, 0.3) is 0 Å². The summed E-state index contributed by atoms with van der Waals surface area (Å²) in [4.78, 5) is 2.46. The third kappa shape index (κ3) is 4.14. The first kappa shape index (κ1) is 12.6. The number of rotatable bonds is 4. The molecule has 0 radical (unpaired) electrons. The molecule has 2 heteroatoms. The van der Waals surface area contributed by atoms with Crippen LogP contribution >= 0.6 is 0 Å². The van der Waals surface area contributed by atoms with E-state index in [1.54, 1.807) is 0 Å². The lowest BCUT2D eigenvalue weighted by Crippen LogP contribution is -2.34. The number of piperidine rings is 1. The highest BCUT2D eigenvalue weighted by Crippen LogP contribution is 2.14. The fraction of sp³-hybridized carbons (Fsp3) is 0.600. The lowest BCUT2D eigenvalue weighted by Gasteiger charge is -2.27. The highest BCUT2D eigenvalue weighted by molar-refractivity contribution is 5.21. The van der Waals surface area contributed by atoms with Crippen LogP contribution in [-0.4, -0.2) is 31.6 Å². The van der Waals surface area contributed by atoms with Gasteiger partial charge in [0.05, 0.1) is 0 Å². The quantitative estimate of drug-likeness (QED) is 0.857. The van der Waals surface area contributed by atoms with Crippen molar-refractivity contribution in [2.24, 2.45) is 5.92 Å². The zero-order chi connectivity index (χ0) is 12.1. The SMILES string of the molecule is Cc1ccc(CN(C)CC2CCNCC2)cc1. The monoisotopic (exact) mass is 232 g/mol. The topological polar surface area (TPSA) is 15.3 Å². The molecule has 1 fully saturated rings. The van der Waals surface area contributed by atoms with E-state index in [0.717, 1.165) is 12.5 Å². The van der Waals surface area contributed by atoms with E-state index in [1.165, 1.54) is 43.6 Å². The van der Waals surface area contributed by atoms with Gasteiger partial charge in [-0.3, -0.25) is 0 Å². The standard InChI is InChI=1S/C15H24N2/c1-13-3-5-14(6-4-13)11-17(2)12-15-7-9-16-10-8-15/h3-6,15-16H,7-12H2,1-2H3. The highest BCUT2D eigenvalue weighted by atomic mass is 15.1. The van der Waals surface area contributed by atoms with Gasteiger partial charge in [0.1, 0.15) is 0 Å². The van der Waals surface area contributed by atoms with Gasteiger partial charge in [0.25, 0.3) is 0 Å². The van der Waals surface area contributed by atoms with Crippen molar-refractivity contribution in [1.29, 1.82) is 0 Å². The Morgan fingerprint density at radius 1 is 1.18 bits per heavy atom. The molecule has 2 rings (SSSR count). The average Bonchev–Trinajstić information content (AvgIpc) is 2.33. The smallest absolute Gasteiger partial charge is 0.0230 e. The molecule has 94 valence electrons. The molecule has 0 saturated carbocycles. The predicted molar refractivity (Wildman–Crippen MR) is 73.1 cm³/mol. The van der Waals surface area contributed by atoms with Crippen LogP contribution in [0.2, 0.25) is 0 Å². The lowest BCUT2D eigenvalue weighted by molar-refractivity contribution is 0.234. The third-order valence-corrected chi connectivity index (χ3v) is 3.60. The van der Waals surface area contributed by atoms with Crippen molar-refractivity contribution >= 4 is 0 Å². The van der Waals surface area contributed by atoms with E-state index in [-0.39, 0.29) is 0 Å². The number of aryl methyl sites for hydroxylation is 1. The van der Waals surface area contributed by atoms with E-state index < -0.39 is 0 Å². The molecule has 0 aliphatic carbocycles. The van der Waals surface area contributed by atoms with Crippen LogP contribution in [0.4, 0.5) is 0 Å². The Balaban J connectivity index is 1.79. The Kier molecular flexibility index (Phi) is 4.57. The molecule has 0 aromatic heterocycles. The van der Waals surface area contributed by atoms with Gasteiger partial charge in [0.2, 0.25) is 0 Å². The van der Waals surface area contributed by atoms with Crippen LogP contribution in [0.1, 0.15) is 24.0 Å². The van der Waals surface area contributed by atoms with Crippen LogP contribution < -0.4 is 5.32 Å². The van der Waals surface area contributed by atoms with Gasteiger partial charge < -0.3 is 10.2 Å². The second-order valence-electron chi connectivity index (χ2n) is 5.38. The largest absolute Gasteiger partial charge is 0.317 e. The number of benzene rings is 1. The molecule has 1 heterocycles. The van der Waals surface area contributed by atoms with Crippen molar-refractivity contribution in [1.82, 2.24) is 10.2 Å². The van der Waals surface area contributed by atoms with Crippen molar-refractivity contribution in [2.45, 2.75) is 26.3 Å². The van der Waals surface area contributed by atoms with Crippen molar-refractivity contribution < 1.29 is 0 Å². The molecule has 1 aromatic carbocycles.